The Balaban J connectivity index is 1.15. The molecule has 1 amide bonds. The number of piperazine rings is 1. The van der Waals surface area contributed by atoms with Crippen LogP contribution in [0.1, 0.15) is 56.9 Å². The summed E-state index contributed by atoms with van der Waals surface area (Å²) in [6.07, 6.45) is 2.36. The van der Waals surface area contributed by atoms with Gasteiger partial charge in [0.15, 0.2) is 0 Å². The van der Waals surface area contributed by atoms with E-state index in [9.17, 15) is 23.1 Å². The number of amides is 1. The predicted octanol–water partition coefficient (Wildman–Crippen LogP) is 4.89. The van der Waals surface area contributed by atoms with E-state index >= 15 is 8.78 Å². The first-order valence-corrected chi connectivity index (χ1v) is 16.1. The number of nitrogens with zero attached hydrogens (tertiary/aromatic N) is 4. The maximum absolute atomic E-state index is 16.2. The molecule has 7 rings (SSSR count). The molecule has 0 radical (unpaired) electrons. The zero-order valence-corrected chi connectivity index (χ0v) is 24.6. The van der Waals surface area contributed by atoms with Crippen molar-refractivity contribution < 1.29 is 31.9 Å². The average molecular weight is 623 g/mol. The normalized spacial score (nSPS) is 27.1. The Bertz CT molecular complexity index is 1490. The van der Waals surface area contributed by atoms with Gasteiger partial charge >= 0.3 is 5.97 Å². The van der Waals surface area contributed by atoms with Crippen LogP contribution in [-0.2, 0) is 25.5 Å². The molecule has 42 heavy (non-hydrogen) atoms. The summed E-state index contributed by atoms with van der Waals surface area (Å²) in [5, 5.41) is 9.58. The van der Waals surface area contributed by atoms with Crippen molar-refractivity contribution in [2.45, 2.75) is 62.2 Å². The van der Waals surface area contributed by atoms with Crippen molar-refractivity contribution in [2.24, 2.45) is 10.8 Å². The van der Waals surface area contributed by atoms with Crippen molar-refractivity contribution >= 4 is 45.0 Å². The second kappa shape index (κ2) is 10.4. The standard InChI is InChI=1S/C29H33ClF2N4O5S/c30-23-18-20(29(31,32)28-10-7-27(8-11-28,9-12-28)26(38)39)19-24(33-23)34-14-16-35(17-15-34)42(40,41)22-5-3-21(4-6-22)36-13-1-2-25(36)37/h3-6,18-19H,1-2,7-17H2,(H,38,39). The number of carbonyl (C=O) groups is 2. The van der Waals surface area contributed by atoms with Crippen molar-refractivity contribution in [3.8, 4) is 0 Å². The highest BCUT2D eigenvalue weighted by Crippen LogP contribution is 2.65. The number of fused-ring (bicyclic) bond motifs is 3. The Morgan fingerprint density at radius 3 is 2.12 bits per heavy atom. The molecule has 9 nitrogen and oxygen atoms in total. The third-order valence-corrected chi connectivity index (χ3v) is 12.0. The van der Waals surface area contributed by atoms with E-state index in [1.54, 1.807) is 21.9 Å². The van der Waals surface area contributed by atoms with Crippen LogP contribution in [0.5, 0.6) is 0 Å². The molecule has 3 saturated carbocycles. The summed E-state index contributed by atoms with van der Waals surface area (Å²) < 4.78 is 60.4. The SMILES string of the molecule is O=C1CCCN1c1ccc(S(=O)(=O)N2CCN(c3cc(C(F)(F)C45CCC(C(=O)O)(CC4)CC5)cc(Cl)n3)CC2)cc1. The van der Waals surface area contributed by atoms with E-state index in [0.29, 0.717) is 18.7 Å². The molecular weight excluding hydrogens is 590 g/mol. The van der Waals surface area contributed by atoms with E-state index in [-0.39, 0.29) is 92.0 Å². The van der Waals surface area contributed by atoms with Gasteiger partial charge in [0, 0.05) is 55.8 Å². The third-order valence-electron chi connectivity index (χ3n) is 9.93. The van der Waals surface area contributed by atoms with E-state index in [2.05, 4.69) is 4.98 Å². The van der Waals surface area contributed by atoms with Crippen molar-refractivity contribution in [2.75, 3.05) is 42.5 Å². The van der Waals surface area contributed by atoms with Gasteiger partial charge < -0.3 is 14.9 Å². The largest absolute Gasteiger partial charge is 0.481 e. The lowest BCUT2D eigenvalue weighted by molar-refractivity contribution is -0.200. The molecule has 3 aliphatic carbocycles. The molecule has 1 aromatic carbocycles. The molecule has 5 fully saturated rings. The van der Waals surface area contributed by atoms with Gasteiger partial charge in [0.1, 0.15) is 11.0 Å². The Morgan fingerprint density at radius 1 is 0.952 bits per heavy atom. The number of alkyl halides is 2. The molecule has 2 aromatic rings. The number of rotatable bonds is 7. The number of benzene rings is 1. The first-order valence-electron chi connectivity index (χ1n) is 14.3. The maximum atomic E-state index is 16.2. The van der Waals surface area contributed by atoms with Crippen LogP contribution >= 0.6 is 11.6 Å². The van der Waals surface area contributed by atoms with Gasteiger partial charge in [0.25, 0.3) is 5.92 Å². The lowest BCUT2D eigenvalue weighted by Gasteiger charge is -2.54. The number of hydrogen-bond donors (Lipinski definition) is 1. The van der Waals surface area contributed by atoms with Gasteiger partial charge in [-0.05, 0) is 81.3 Å². The van der Waals surface area contributed by atoms with Crippen molar-refractivity contribution in [3.05, 3.63) is 47.1 Å². The minimum atomic E-state index is -3.80. The second-order valence-corrected chi connectivity index (χ2v) is 14.3. The Morgan fingerprint density at radius 2 is 1.57 bits per heavy atom. The number of pyridine rings is 1. The summed E-state index contributed by atoms with van der Waals surface area (Å²) in [4.78, 5) is 31.6. The number of sulfonamides is 1. The summed E-state index contributed by atoms with van der Waals surface area (Å²) in [5.74, 6) is -3.84. The molecule has 5 aliphatic rings. The van der Waals surface area contributed by atoms with Crippen LogP contribution in [0.3, 0.4) is 0 Å². The molecular formula is C29H33ClF2N4O5S. The number of carboxylic acid groups (broad SMARTS) is 1. The van der Waals surface area contributed by atoms with Crippen LogP contribution in [0.4, 0.5) is 20.3 Å². The average Bonchev–Trinajstić information content (AvgIpc) is 3.43. The molecule has 2 bridgehead atoms. The monoisotopic (exact) mass is 622 g/mol. The van der Waals surface area contributed by atoms with E-state index in [1.807, 2.05) is 0 Å². The van der Waals surface area contributed by atoms with Crippen LogP contribution in [0.15, 0.2) is 41.3 Å². The Hall–Kier alpha value is -2.83. The van der Waals surface area contributed by atoms with E-state index < -0.39 is 32.7 Å². The number of anilines is 2. The Kier molecular flexibility index (Phi) is 7.25. The molecule has 0 atom stereocenters. The Labute approximate surface area is 248 Å². The molecule has 226 valence electrons. The summed E-state index contributed by atoms with van der Waals surface area (Å²) in [7, 11) is -3.80. The number of aromatic nitrogens is 1. The minimum absolute atomic E-state index is 0.0228. The fourth-order valence-corrected chi connectivity index (χ4v) is 8.76. The number of carbonyl (C=O) groups excluding carboxylic acids is 1. The van der Waals surface area contributed by atoms with Crippen LogP contribution in [0.25, 0.3) is 0 Å². The lowest BCUT2D eigenvalue weighted by atomic mass is 9.51. The number of carboxylic acids is 1. The zero-order valence-electron chi connectivity index (χ0n) is 23.1. The number of halogens is 3. The van der Waals surface area contributed by atoms with Gasteiger partial charge in [0.05, 0.1) is 10.3 Å². The minimum Gasteiger partial charge on any atom is -0.481 e. The highest BCUT2D eigenvalue weighted by Gasteiger charge is 2.63. The fourth-order valence-electron chi connectivity index (χ4n) is 7.14. The molecule has 0 unspecified atom stereocenters. The van der Waals surface area contributed by atoms with Gasteiger partial charge in [-0.3, -0.25) is 9.59 Å². The van der Waals surface area contributed by atoms with Gasteiger partial charge in [-0.15, -0.1) is 0 Å². The number of aliphatic carboxylic acids is 1. The van der Waals surface area contributed by atoms with Crippen molar-refractivity contribution in [3.63, 3.8) is 0 Å². The summed E-state index contributed by atoms with van der Waals surface area (Å²) in [6, 6.07) is 8.83. The molecule has 3 heterocycles. The first-order chi connectivity index (χ1) is 19.9. The van der Waals surface area contributed by atoms with Crippen LogP contribution in [0, 0.1) is 10.8 Å². The molecule has 1 N–H and O–H groups in total. The van der Waals surface area contributed by atoms with Crippen LogP contribution in [-0.4, -0.2) is 67.4 Å². The fraction of sp³-hybridized carbons (Fsp3) is 0.552. The smallest absolute Gasteiger partial charge is 0.309 e. The van der Waals surface area contributed by atoms with Crippen LogP contribution < -0.4 is 9.80 Å². The summed E-state index contributed by atoms with van der Waals surface area (Å²) in [6.45, 7) is 1.37. The van der Waals surface area contributed by atoms with E-state index in [4.69, 9.17) is 11.6 Å². The first kappa shape index (κ1) is 29.3. The zero-order chi connectivity index (χ0) is 29.9. The maximum Gasteiger partial charge on any atom is 0.309 e. The predicted molar refractivity (Wildman–Crippen MR) is 152 cm³/mol. The van der Waals surface area contributed by atoms with Gasteiger partial charge in [0.2, 0.25) is 15.9 Å². The third kappa shape index (κ3) is 4.75. The highest BCUT2D eigenvalue weighted by atomic mass is 35.5. The molecule has 0 spiro atoms. The second-order valence-electron chi connectivity index (χ2n) is 12.0. The van der Waals surface area contributed by atoms with E-state index in [0.717, 1.165) is 6.42 Å². The topological polar surface area (TPSA) is 111 Å². The van der Waals surface area contributed by atoms with Gasteiger partial charge in [-0.2, -0.15) is 4.31 Å². The number of hydrogen-bond acceptors (Lipinski definition) is 6. The van der Waals surface area contributed by atoms with Crippen molar-refractivity contribution in [1.82, 2.24) is 9.29 Å². The highest BCUT2D eigenvalue weighted by molar-refractivity contribution is 7.89. The molecule has 2 aliphatic heterocycles. The molecule has 13 heteroatoms. The molecule has 2 saturated heterocycles. The summed E-state index contributed by atoms with van der Waals surface area (Å²) in [5.41, 5.74) is -1.79. The van der Waals surface area contributed by atoms with Gasteiger partial charge in [-0.1, -0.05) is 11.6 Å². The van der Waals surface area contributed by atoms with Gasteiger partial charge in [-0.25, -0.2) is 22.2 Å². The van der Waals surface area contributed by atoms with E-state index in [1.165, 1.54) is 28.6 Å². The van der Waals surface area contributed by atoms with Crippen LogP contribution in [0.2, 0.25) is 5.15 Å². The lowest BCUT2D eigenvalue weighted by Crippen LogP contribution is -2.52. The van der Waals surface area contributed by atoms with Crippen molar-refractivity contribution in [1.29, 1.82) is 0 Å². The molecule has 1 aromatic heterocycles. The quantitative estimate of drug-likeness (QED) is 0.438. The summed E-state index contributed by atoms with van der Waals surface area (Å²) >= 11 is 6.25.